The fourth-order valence-electron chi connectivity index (χ4n) is 1.21. The fourth-order valence-corrected chi connectivity index (χ4v) is 1.21. The molecular formula is C11H13NO2. The molecule has 0 aliphatic carbocycles. The number of carbonyl (C=O) groups is 2. The summed E-state index contributed by atoms with van der Waals surface area (Å²) < 4.78 is 0. The molecule has 1 aromatic heterocycles. The summed E-state index contributed by atoms with van der Waals surface area (Å²) in [5.41, 5.74) is 0.753. The Morgan fingerprint density at radius 1 is 1.21 bits per heavy atom. The summed E-state index contributed by atoms with van der Waals surface area (Å²) >= 11 is 0. The zero-order valence-corrected chi connectivity index (χ0v) is 8.41. The molecule has 0 atom stereocenters. The third-order valence-electron chi connectivity index (χ3n) is 2.01. The highest BCUT2D eigenvalue weighted by Gasteiger charge is 2.14. The summed E-state index contributed by atoms with van der Waals surface area (Å²) in [4.78, 5) is 26.9. The minimum Gasteiger partial charge on any atom is -0.294 e. The lowest BCUT2D eigenvalue weighted by atomic mass is 10.0. The van der Waals surface area contributed by atoms with Crippen LogP contribution in [0.1, 0.15) is 47.5 Å². The number of rotatable bonds is 4. The number of pyridine rings is 1. The van der Waals surface area contributed by atoms with Crippen molar-refractivity contribution in [3.05, 3.63) is 29.6 Å². The van der Waals surface area contributed by atoms with Crippen LogP contribution in [0.5, 0.6) is 0 Å². The molecule has 0 aliphatic rings. The van der Waals surface area contributed by atoms with E-state index in [-0.39, 0.29) is 11.6 Å². The van der Waals surface area contributed by atoms with Crippen molar-refractivity contribution in [2.75, 3.05) is 0 Å². The molecule has 0 N–H and O–H groups in total. The molecule has 0 amide bonds. The van der Waals surface area contributed by atoms with Crippen LogP contribution in [0.4, 0.5) is 0 Å². The third kappa shape index (κ3) is 2.05. The second-order valence-corrected chi connectivity index (χ2v) is 2.95. The maximum Gasteiger partial charge on any atom is 0.181 e. The van der Waals surface area contributed by atoms with Gasteiger partial charge in [0.25, 0.3) is 0 Å². The second-order valence-electron chi connectivity index (χ2n) is 2.95. The van der Waals surface area contributed by atoms with E-state index >= 15 is 0 Å². The second kappa shape index (κ2) is 4.65. The average Bonchev–Trinajstić information content (AvgIpc) is 2.27. The Balaban J connectivity index is 3.15. The molecule has 0 aliphatic heterocycles. The van der Waals surface area contributed by atoms with E-state index in [1.165, 1.54) is 6.20 Å². The van der Waals surface area contributed by atoms with Crippen molar-refractivity contribution in [1.29, 1.82) is 0 Å². The van der Waals surface area contributed by atoms with Gasteiger partial charge in [-0.1, -0.05) is 13.8 Å². The lowest BCUT2D eigenvalue weighted by Gasteiger charge is -2.03. The van der Waals surface area contributed by atoms with Gasteiger partial charge in [0.15, 0.2) is 11.6 Å². The molecule has 0 aromatic carbocycles. The molecule has 0 bridgehead atoms. The summed E-state index contributed by atoms with van der Waals surface area (Å²) in [6, 6.07) is 3.33. The van der Waals surface area contributed by atoms with Gasteiger partial charge >= 0.3 is 0 Å². The van der Waals surface area contributed by atoms with Gasteiger partial charge in [-0.2, -0.15) is 0 Å². The van der Waals surface area contributed by atoms with E-state index in [1.807, 2.05) is 0 Å². The van der Waals surface area contributed by atoms with Gasteiger partial charge in [0.05, 0.1) is 0 Å². The number of Topliss-reactive ketones (excluding diaryl/α,β-unsaturated/α-hetero) is 2. The molecule has 0 radical (unpaired) electrons. The summed E-state index contributed by atoms with van der Waals surface area (Å²) in [6.45, 7) is 3.53. The Morgan fingerprint density at radius 2 is 1.86 bits per heavy atom. The van der Waals surface area contributed by atoms with Crippen LogP contribution in [-0.2, 0) is 0 Å². The molecule has 0 spiro atoms. The van der Waals surface area contributed by atoms with Crippen LogP contribution in [0.2, 0.25) is 0 Å². The number of hydrogen-bond donors (Lipinski definition) is 0. The van der Waals surface area contributed by atoms with E-state index in [1.54, 1.807) is 26.0 Å². The number of nitrogens with zero attached hydrogens (tertiary/aromatic N) is 1. The van der Waals surface area contributed by atoms with Gasteiger partial charge in [0.1, 0.15) is 5.69 Å². The van der Waals surface area contributed by atoms with E-state index in [9.17, 15) is 9.59 Å². The monoisotopic (exact) mass is 191 g/mol. The zero-order chi connectivity index (χ0) is 10.6. The van der Waals surface area contributed by atoms with Crippen molar-refractivity contribution >= 4 is 11.6 Å². The van der Waals surface area contributed by atoms with Crippen LogP contribution >= 0.6 is 0 Å². The largest absolute Gasteiger partial charge is 0.294 e. The van der Waals surface area contributed by atoms with Crippen molar-refractivity contribution in [3.63, 3.8) is 0 Å². The van der Waals surface area contributed by atoms with Gasteiger partial charge < -0.3 is 0 Å². The molecule has 1 heterocycles. The van der Waals surface area contributed by atoms with Crippen LogP contribution in [0.3, 0.4) is 0 Å². The van der Waals surface area contributed by atoms with Gasteiger partial charge in [-0.25, -0.2) is 0 Å². The fraction of sp³-hybridized carbons (Fsp3) is 0.364. The van der Waals surface area contributed by atoms with E-state index in [0.717, 1.165) is 0 Å². The molecule has 1 rings (SSSR count). The Kier molecular flexibility index (Phi) is 3.51. The number of hydrogen-bond acceptors (Lipinski definition) is 3. The molecule has 74 valence electrons. The van der Waals surface area contributed by atoms with Crippen LogP contribution in [0.25, 0.3) is 0 Å². The maximum absolute atomic E-state index is 11.5. The van der Waals surface area contributed by atoms with Crippen molar-refractivity contribution in [2.24, 2.45) is 0 Å². The van der Waals surface area contributed by atoms with Crippen LogP contribution in [0.15, 0.2) is 18.3 Å². The lowest BCUT2D eigenvalue weighted by Crippen LogP contribution is -2.09. The third-order valence-corrected chi connectivity index (χ3v) is 2.01. The van der Waals surface area contributed by atoms with E-state index in [4.69, 9.17) is 0 Å². The standard InChI is InChI=1S/C11H13NO2/c1-3-9(13)8-6-5-7-12-11(8)10(14)4-2/h5-7H,3-4H2,1-2H3. The minimum atomic E-state index is -0.0811. The van der Waals surface area contributed by atoms with E-state index in [0.29, 0.717) is 24.1 Å². The van der Waals surface area contributed by atoms with Crippen molar-refractivity contribution < 1.29 is 9.59 Å². The number of carbonyl (C=O) groups excluding carboxylic acids is 2. The van der Waals surface area contributed by atoms with Crippen LogP contribution < -0.4 is 0 Å². The van der Waals surface area contributed by atoms with Crippen molar-refractivity contribution in [2.45, 2.75) is 26.7 Å². The smallest absolute Gasteiger partial charge is 0.181 e. The predicted molar refractivity (Wildman–Crippen MR) is 53.5 cm³/mol. The van der Waals surface area contributed by atoms with Crippen molar-refractivity contribution in [1.82, 2.24) is 4.98 Å². The molecule has 1 aromatic rings. The van der Waals surface area contributed by atoms with Gasteiger partial charge in [-0.3, -0.25) is 14.6 Å². The van der Waals surface area contributed by atoms with Crippen molar-refractivity contribution in [3.8, 4) is 0 Å². The van der Waals surface area contributed by atoms with Crippen LogP contribution in [0, 0.1) is 0 Å². The highest BCUT2D eigenvalue weighted by atomic mass is 16.1. The first-order valence-corrected chi connectivity index (χ1v) is 4.72. The molecule has 3 nitrogen and oxygen atoms in total. The quantitative estimate of drug-likeness (QED) is 0.686. The highest BCUT2D eigenvalue weighted by Crippen LogP contribution is 2.10. The Hall–Kier alpha value is -1.51. The Bertz CT molecular complexity index is 323. The SMILES string of the molecule is CCC(=O)c1cccnc1C(=O)CC. The number of ketones is 2. The topological polar surface area (TPSA) is 47.0 Å². The molecule has 3 heteroatoms. The summed E-state index contributed by atoms with van der Waals surface area (Å²) in [5, 5.41) is 0. The van der Waals surface area contributed by atoms with E-state index in [2.05, 4.69) is 4.98 Å². The normalized spacial score (nSPS) is 9.86. The Labute approximate surface area is 83.2 Å². The lowest BCUT2D eigenvalue weighted by molar-refractivity contribution is 0.0951. The summed E-state index contributed by atoms with van der Waals surface area (Å²) in [5.74, 6) is -0.114. The average molecular weight is 191 g/mol. The summed E-state index contributed by atoms with van der Waals surface area (Å²) in [7, 11) is 0. The molecule has 0 unspecified atom stereocenters. The van der Waals surface area contributed by atoms with Gasteiger partial charge in [-0.15, -0.1) is 0 Å². The first-order valence-electron chi connectivity index (χ1n) is 4.72. The highest BCUT2D eigenvalue weighted by molar-refractivity contribution is 6.07. The molecular weight excluding hydrogens is 178 g/mol. The molecule has 14 heavy (non-hydrogen) atoms. The predicted octanol–water partition coefficient (Wildman–Crippen LogP) is 2.27. The van der Waals surface area contributed by atoms with Crippen LogP contribution in [-0.4, -0.2) is 16.6 Å². The van der Waals surface area contributed by atoms with Gasteiger partial charge in [0.2, 0.25) is 0 Å². The Morgan fingerprint density at radius 3 is 2.43 bits per heavy atom. The molecule has 0 saturated heterocycles. The number of aromatic nitrogens is 1. The van der Waals surface area contributed by atoms with E-state index < -0.39 is 0 Å². The van der Waals surface area contributed by atoms with Gasteiger partial charge in [-0.05, 0) is 12.1 Å². The first kappa shape index (κ1) is 10.6. The minimum absolute atomic E-state index is 0.0325. The summed E-state index contributed by atoms with van der Waals surface area (Å²) in [6.07, 6.45) is 2.31. The maximum atomic E-state index is 11.5. The first-order chi connectivity index (χ1) is 6.70. The molecule has 0 fully saturated rings. The zero-order valence-electron chi connectivity index (χ0n) is 8.41. The molecule has 0 saturated carbocycles. The van der Waals surface area contributed by atoms with Gasteiger partial charge in [0, 0.05) is 24.6 Å².